The number of carbonyl (C=O) groups excluding carboxylic acids is 1. The van der Waals surface area contributed by atoms with Gasteiger partial charge in [0.25, 0.3) is 5.91 Å². The summed E-state index contributed by atoms with van der Waals surface area (Å²) in [6.45, 7) is 4.04. The van der Waals surface area contributed by atoms with Crippen molar-refractivity contribution < 1.29 is 13.9 Å². The van der Waals surface area contributed by atoms with Crippen LogP contribution < -0.4 is 10.1 Å². The molecule has 1 N–H and O–H groups in total. The second-order valence-corrected chi connectivity index (χ2v) is 7.37. The second kappa shape index (κ2) is 9.09. The number of benzene rings is 2. The van der Waals surface area contributed by atoms with Crippen LogP contribution in [0.2, 0.25) is 0 Å². The van der Waals surface area contributed by atoms with Crippen molar-refractivity contribution >= 4 is 5.91 Å². The number of hydrogen-bond acceptors (Lipinski definition) is 4. The molecule has 0 aliphatic carbocycles. The molecule has 0 fully saturated rings. The number of rotatable bonds is 7. The van der Waals surface area contributed by atoms with Crippen LogP contribution in [-0.4, -0.2) is 48.3 Å². The summed E-state index contributed by atoms with van der Waals surface area (Å²) in [5.41, 5.74) is 3.55. The van der Waals surface area contributed by atoms with Crippen molar-refractivity contribution in [2.75, 3.05) is 27.7 Å². The van der Waals surface area contributed by atoms with E-state index in [9.17, 15) is 9.18 Å². The van der Waals surface area contributed by atoms with Crippen LogP contribution >= 0.6 is 0 Å². The first-order chi connectivity index (χ1) is 14.3. The summed E-state index contributed by atoms with van der Waals surface area (Å²) < 4.78 is 20.4. The predicted octanol–water partition coefficient (Wildman–Crippen LogP) is 3.67. The van der Waals surface area contributed by atoms with E-state index in [0.717, 1.165) is 11.3 Å². The van der Waals surface area contributed by atoms with Gasteiger partial charge in [0.15, 0.2) is 0 Å². The molecule has 7 heteroatoms. The van der Waals surface area contributed by atoms with Gasteiger partial charge in [-0.1, -0.05) is 18.2 Å². The van der Waals surface area contributed by atoms with Gasteiger partial charge in [0.2, 0.25) is 0 Å². The van der Waals surface area contributed by atoms with Crippen LogP contribution in [0.5, 0.6) is 5.75 Å². The van der Waals surface area contributed by atoms with E-state index in [0.29, 0.717) is 29.2 Å². The maximum absolute atomic E-state index is 13.2. The Kier molecular flexibility index (Phi) is 6.52. The zero-order valence-electron chi connectivity index (χ0n) is 17.9. The quantitative estimate of drug-likeness (QED) is 0.646. The van der Waals surface area contributed by atoms with E-state index in [1.54, 1.807) is 30.8 Å². The number of carbonyl (C=O) groups is 1. The monoisotopic (exact) mass is 410 g/mol. The molecule has 2 aromatic carbocycles. The second-order valence-electron chi connectivity index (χ2n) is 7.37. The van der Waals surface area contributed by atoms with Crippen LogP contribution in [0.4, 0.5) is 4.39 Å². The van der Waals surface area contributed by atoms with Gasteiger partial charge in [-0.2, -0.15) is 5.10 Å². The third kappa shape index (κ3) is 4.36. The van der Waals surface area contributed by atoms with Crippen molar-refractivity contribution in [3.05, 3.63) is 76.9 Å². The Morgan fingerprint density at radius 2 is 1.83 bits per heavy atom. The Hall–Kier alpha value is -3.19. The van der Waals surface area contributed by atoms with Crippen LogP contribution in [0.3, 0.4) is 0 Å². The van der Waals surface area contributed by atoms with Crippen LogP contribution in [0, 0.1) is 19.7 Å². The summed E-state index contributed by atoms with van der Waals surface area (Å²) in [5.74, 6) is 0.270. The molecule has 0 saturated heterocycles. The maximum Gasteiger partial charge on any atom is 0.255 e. The topological polar surface area (TPSA) is 59.4 Å². The van der Waals surface area contributed by atoms with E-state index in [1.165, 1.54) is 12.1 Å². The van der Waals surface area contributed by atoms with E-state index < -0.39 is 0 Å². The molecule has 0 spiro atoms. The van der Waals surface area contributed by atoms with Gasteiger partial charge in [0.1, 0.15) is 11.6 Å². The lowest BCUT2D eigenvalue weighted by Gasteiger charge is -2.26. The number of halogens is 1. The summed E-state index contributed by atoms with van der Waals surface area (Å²) in [5, 5.41) is 7.52. The minimum Gasteiger partial charge on any atom is -0.496 e. The average molecular weight is 410 g/mol. The normalized spacial score (nSPS) is 12.1. The number of hydrogen-bond donors (Lipinski definition) is 1. The lowest BCUT2D eigenvalue weighted by atomic mass is 10.0. The molecule has 0 bridgehead atoms. The van der Waals surface area contributed by atoms with Gasteiger partial charge in [0, 0.05) is 12.1 Å². The highest BCUT2D eigenvalue weighted by Gasteiger charge is 2.23. The van der Waals surface area contributed by atoms with Crippen LogP contribution in [0.25, 0.3) is 5.69 Å². The highest BCUT2D eigenvalue weighted by atomic mass is 19.1. The van der Waals surface area contributed by atoms with E-state index in [1.807, 2.05) is 50.2 Å². The van der Waals surface area contributed by atoms with E-state index in [4.69, 9.17) is 4.74 Å². The van der Waals surface area contributed by atoms with Crippen molar-refractivity contribution in [3.63, 3.8) is 0 Å². The number of nitrogens with one attached hydrogen (secondary N) is 1. The summed E-state index contributed by atoms with van der Waals surface area (Å²) in [7, 11) is 5.57. The van der Waals surface area contributed by atoms with Gasteiger partial charge < -0.3 is 15.0 Å². The summed E-state index contributed by atoms with van der Waals surface area (Å²) in [6, 6.07) is 13.8. The molecule has 30 heavy (non-hydrogen) atoms. The third-order valence-electron chi connectivity index (χ3n) is 5.17. The number of methoxy groups -OCH3 is 1. The lowest BCUT2D eigenvalue weighted by Crippen LogP contribution is -2.35. The van der Waals surface area contributed by atoms with Gasteiger partial charge in [-0.15, -0.1) is 0 Å². The molecule has 3 aromatic rings. The fourth-order valence-electron chi connectivity index (χ4n) is 3.60. The number of likely N-dealkylation sites (N-methyl/N-ethyl adjacent to an activating group) is 1. The standard InChI is InChI=1S/C23H27FN4O2/c1-15-22(16(2)28(26-15)18-12-10-17(24)11-13-18)23(29)25-14-20(27(3)4)19-8-6-7-9-21(19)30-5/h6-13,20H,14H2,1-5H3,(H,25,29)/t20-/m0/s1. The summed E-state index contributed by atoms with van der Waals surface area (Å²) in [4.78, 5) is 15.1. The molecule has 0 aliphatic rings. The van der Waals surface area contributed by atoms with Crippen molar-refractivity contribution in [2.45, 2.75) is 19.9 Å². The fraction of sp³-hybridized carbons (Fsp3) is 0.304. The number of nitrogens with zero attached hydrogens (tertiary/aromatic N) is 3. The first kappa shape index (κ1) is 21.5. The zero-order valence-corrected chi connectivity index (χ0v) is 17.9. The SMILES string of the molecule is COc1ccccc1[C@H](CNC(=O)c1c(C)nn(-c2ccc(F)cc2)c1C)N(C)C. The van der Waals surface area contributed by atoms with Gasteiger partial charge in [-0.05, 0) is 58.3 Å². The molecule has 0 radical (unpaired) electrons. The number of amides is 1. The van der Waals surface area contributed by atoms with Gasteiger partial charge >= 0.3 is 0 Å². The van der Waals surface area contributed by atoms with E-state index >= 15 is 0 Å². The first-order valence-corrected chi connectivity index (χ1v) is 9.73. The average Bonchev–Trinajstić information content (AvgIpc) is 3.02. The predicted molar refractivity (Wildman–Crippen MR) is 115 cm³/mol. The number of ether oxygens (including phenoxy) is 1. The van der Waals surface area contributed by atoms with E-state index in [2.05, 4.69) is 10.4 Å². The minimum atomic E-state index is -0.315. The molecule has 6 nitrogen and oxygen atoms in total. The number of aromatic nitrogens is 2. The largest absolute Gasteiger partial charge is 0.496 e. The zero-order chi connectivity index (χ0) is 21.8. The Labute approximate surface area is 176 Å². The summed E-state index contributed by atoms with van der Waals surface area (Å²) in [6.07, 6.45) is 0. The highest BCUT2D eigenvalue weighted by molar-refractivity contribution is 5.96. The number of para-hydroxylation sites is 1. The fourth-order valence-corrected chi connectivity index (χ4v) is 3.60. The van der Waals surface area contributed by atoms with Crippen LogP contribution in [0.15, 0.2) is 48.5 Å². The molecule has 0 unspecified atom stereocenters. The van der Waals surface area contributed by atoms with Crippen molar-refractivity contribution in [1.29, 1.82) is 0 Å². The first-order valence-electron chi connectivity index (χ1n) is 9.73. The molecule has 1 aromatic heterocycles. The van der Waals surface area contributed by atoms with Crippen LogP contribution in [-0.2, 0) is 0 Å². The van der Waals surface area contributed by atoms with E-state index in [-0.39, 0.29) is 17.8 Å². The van der Waals surface area contributed by atoms with Crippen molar-refractivity contribution in [3.8, 4) is 11.4 Å². The van der Waals surface area contributed by atoms with Gasteiger partial charge in [-0.3, -0.25) is 4.79 Å². The van der Waals surface area contributed by atoms with Crippen LogP contribution in [0.1, 0.15) is 33.4 Å². The van der Waals surface area contributed by atoms with Gasteiger partial charge in [0.05, 0.1) is 35.8 Å². The molecular formula is C23H27FN4O2. The minimum absolute atomic E-state index is 0.0575. The maximum atomic E-state index is 13.2. The molecule has 1 atom stereocenters. The summed E-state index contributed by atoms with van der Waals surface area (Å²) >= 11 is 0. The molecule has 1 amide bonds. The molecular weight excluding hydrogens is 383 g/mol. The lowest BCUT2D eigenvalue weighted by molar-refractivity contribution is 0.0940. The van der Waals surface area contributed by atoms with Crippen molar-refractivity contribution in [1.82, 2.24) is 20.0 Å². The Morgan fingerprint density at radius 3 is 2.47 bits per heavy atom. The highest BCUT2D eigenvalue weighted by Crippen LogP contribution is 2.27. The Morgan fingerprint density at radius 1 is 1.17 bits per heavy atom. The molecule has 158 valence electrons. The Bertz CT molecular complexity index is 1030. The number of aryl methyl sites for hydroxylation is 1. The third-order valence-corrected chi connectivity index (χ3v) is 5.17. The molecule has 0 saturated carbocycles. The van der Waals surface area contributed by atoms with Crippen molar-refractivity contribution in [2.24, 2.45) is 0 Å². The molecule has 1 heterocycles. The molecule has 0 aliphatic heterocycles. The smallest absolute Gasteiger partial charge is 0.255 e. The Balaban J connectivity index is 1.82. The van der Waals surface area contributed by atoms with Gasteiger partial charge in [-0.25, -0.2) is 9.07 Å². The molecule has 3 rings (SSSR count).